The molecule has 3 atom stereocenters. The van der Waals surface area contributed by atoms with Crippen LogP contribution in [-0.4, -0.2) is 36.1 Å². The van der Waals surface area contributed by atoms with Crippen LogP contribution in [0.5, 0.6) is 0 Å². The molecule has 1 rings (SSSR count). The quantitative estimate of drug-likeness (QED) is 0.753. The first-order chi connectivity index (χ1) is 8.99. The molecule has 0 amide bonds. The second kappa shape index (κ2) is 7.64. The highest BCUT2D eigenvalue weighted by atomic mass is 15.3. The predicted octanol–water partition coefficient (Wildman–Crippen LogP) is 3.91. The molecule has 3 unspecified atom stereocenters. The smallest absolute Gasteiger partial charge is 0.0278 e. The summed E-state index contributed by atoms with van der Waals surface area (Å²) in [5, 5.41) is 3.81. The van der Waals surface area contributed by atoms with E-state index in [0.29, 0.717) is 5.54 Å². The molecule has 1 heterocycles. The van der Waals surface area contributed by atoms with Crippen molar-refractivity contribution in [2.75, 3.05) is 19.6 Å². The first-order valence-electron chi connectivity index (χ1n) is 8.48. The Hall–Kier alpha value is -0.0800. The number of hydrogen-bond acceptors (Lipinski definition) is 2. The minimum atomic E-state index is 0.315. The minimum absolute atomic E-state index is 0.315. The zero-order valence-corrected chi connectivity index (χ0v) is 14.1. The van der Waals surface area contributed by atoms with E-state index in [9.17, 15) is 0 Å². The number of nitrogens with one attached hydrogen (secondary N) is 1. The van der Waals surface area contributed by atoms with Gasteiger partial charge < -0.3 is 5.32 Å². The van der Waals surface area contributed by atoms with Crippen LogP contribution in [0.3, 0.4) is 0 Å². The second-order valence-corrected chi connectivity index (χ2v) is 6.86. The average molecular weight is 268 g/mol. The molecule has 19 heavy (non-hydrogen) atoms. The van der Waals surface area contributed by atoms with Gasteiger partial charge >= 0.3 is 0 Å². The van der Waals surface area contributed by atoms with Crippen LogP contribution in [0.4, 0.5) is 0 Å². The van der Waals surface area contributed by atoms with Gasteiger partial charge in [0.05, 0.1) is 0 Å². The van der Waals surface area contributed by atoms with Gasteiger partial charge in [0, 0.05) is 31.2 Å². The van der Waals surface area contributed by atoms with Gasteiger partial charge in [0.1, 0.15) is 0 Å². The van der Waals surface area contributed by atoms with Crippen molar-refractivity contribution in [3.05, 3.63) is 0 Å². The highest BCUT2D eigenvalue weighted by Gasteiger charge is 2.36. The number of rotatable bonds is 7. The molecule has 2 nitrogen and oxygen atoms in total. The summed E-state index contributed by atoms with van der Waals surface area (Å²) in [7, 11) is 0. The third-order valence-corrected chi connectivity index (χ3v) is 5.49. The molecule has 0 saturated carbocycles. The van der Waals surface area contributed by atoms with E-state index in [-0.39, 0.29) is 0 Å². The molecule has 1 fully saturated rings. The Kier molecular flexibility index (Phi) is 6.82. The Labute approximate surface area is 121 Å². The maximum Gasteiger partial charge on any atom is 0.0278 e. The zero-order chi connectivity index (χ0) is 14.5. The van der Waals surface area contributed by atoms with Gasteiger partial charge in [-0.15, -0.1) is 0 Å². The fourth-order valence-corrected chi connectivity index (χ4v) is 3.25. The fourth-order valence-electron chi connectivity index (χ4n) is 3.25. The normalized spacial score (nSPS) is 30.8. The molecular formula is C17H36N2. The van der Waals surface area contributed by atoms with Gasteiger partial charge in [-0.1, -0.05) is 53.9 Å². The lowest BCUT2D eigenvalue weighted by Crippen LogP contribution is -2.64. The summed E-state index contributed by atoms with van der Waals surface area (Å²) in [6.07, 6.45) is 5.14. The van der Waals surface area contributed by atoms with Crippen LogP contribution in [0.1, 0.15) is 67.2 Å². The molecule has 114 valence electrons. The highest BCUT2D eigenvalue weighted by molar-refractivity contribution is 4.96. The van der Waals surface area contributed by atoms with Gasteiger partial charge in [0.2, 0.25) is 0 Å². The van der Waals surface area contributed by atoms with E-state index in [1.54, 1.807) is 0 Å². The van der Waals surface area contributed by atoms with Crippen LogP contribution >= 0.6 is 0 Å². The SMILES string of the molecule is CCC(CC)CN1CC(C)(CC)NCC1C(C)CC. The van der Waals surface area contributed by atoms with Crippen molar-refractivity contribution in [1.29, 1.82) is 0 Å². The Balaban J connectivity index is 2.75. The molecule has 1 aliphatic heterocycles. The summed E-state index contributed by atoms with van der Waals surface area (Å²) < 4.78 is 0. The number of hydrogen-bond donors (Lipinski definition) is 1. The molecule has 1 N–H and O–H groups in total. The van der Waals surface area contributed by atoms with Gasteiger partial charge in [-0.3, -0.25) is 4.90 Å². The average Bonchev–Trinajstić information content (AvgIpc) is 2.44. The molecule has 0 aromatic rings. The Morgan fingerprint density at radius 1 is 1.16 bits per heavy atom. The maximum atomic E-state index is 3.81. The summed E-state index contributed by atoms with van der Waals surface area (Å²) in [6, 6.07) is 0.727. The largest absolute Gasteiger partial charge is 0.309 e. The van der Waals surface area contributed by atoms with Crippen LogP contribution in [0.15, 0.2) is 0 Å². The van der Waals surface area contributed by atoms with E-state index < -0.39 is 0 Å². The van der Waals surface area contributed by atoms with Gasteiger partial charge in [-0.05, 0) is 25.2 Å². The molecule has 0 radical (unpaired) electrons. The fraction of sp³-hybridized carbons (Fsp3) is 1.00. The molecule has 0 aliphatic carbocycles. The molecule has 0 spiro atoms. The van der Waals surface area contributed by atoms with Crippen molar-refractivity contribution < 1.29 is 0 Å². The number of piperazine rings is 1. The zero-order valence-electron chi connectivity index (χ0n) is 14.1. The van der Waals surface area contributed by atoms with E-state index in [2.05, 4.69) is 51.8 Å². The summed E-state index contributed by atoms with van der Waals surface area (Å²) >= 11 is 0. The summed E-state index contributed by atoms with van der Waals surface area (Å²) in [6.45, 7) is 17.8. The van der Waals surface area contributed by atoms with Crippen molar-refractivity contribution in [2.45, 2.75) is 78.8 Å². The third kappa shape index (κ3) is 4.46. The van der Waals surface area contributed by atoms with Crippen molar-refractivity contribution >= 4 is 0 Å². The minimum Gasteiger partial charge on any atom is -0.309 e. The van der Waals surface area contributed by atoms with Crippen molar-refractivity contribution in [3.63, 3.8) is 0 Å². The van der Waals surface area contributed by atoms with Gasteiger partial charge in [0.25, 0.3) is 0 Å². The van der Waals surface area contributed by atoms with Crippen LogP contribution in [0.25, 0.3) is 0 Å². The van der Waals surface area contributed by atoms with E-state index in [0.717, 1.165) is 17.9 Å². The molecule has 0 aromatic heterocycles. The Morgan fingerprint density at radius 3 is 2.26 bits per heavy atom. The summed E-state index contributed by atoms with van der Waals surface area (Å²) in [5.41, 5.74) is 0.315. The van der Waals surface area contributed by atoms with Gasteiger partial charge in [-0.25, -0.2) is 0 Å². The van der Waals surface area contributed by atoms with Crippen molar-refractivity contribution in [1.82, 2.24) is 10.2 Å². The molecule has 1 saturated heterocycles. The van der Waals surface area contributed by atoms with Crippen LogP contribution in [-0.2, 0) is 0 Å². The summed E-state index contributed by atoms with van der Waals surface area (Å²) in [4.78, 5) is 2.80. The Bertz CT molecular complexity index is 250. The first kappa shape index (κ1) is 17.0. The topological polar surface area (TPSA) is 15.3 Å². The van der Waals surface area contributed by atoms with E-state index >= 15 is 0 Å². The lowest BCUT2D eigenvalue weighted by Gasteiger charge is -2.49. The maximum absolute atomic E-state index is 3.81. The van der Waals surface area contributed by atoms with E-state index in [4.69, 9.17) is 0 Å². The lowest BCUT2D eigenvalue weighted by molar-refractivity contribution is 0.0412. The highest BCUT2D eigenvalue weighted by Crippen LogP contribution is 2.26. The third-order valence-electron chi connectivity index (χ3n) is 5.49. The monoisotopic (exact) mass is 268 g/mol. The lowest BCUT2D eigenvalue weighted by atomic mass is 9.87. The van der Waals surface area contributed by atoms with Gasteiger partial charge in [0.15, 0.2) is 0 Å². The van der Waals surface area contributed by atoms with Crippen molar-refractivity contribution in [3.8, 4) is 0 Å². The van der Waals surface area contributed by atoms with Crippen molar-refractivity contribution in [2.24, 2.45) is 11.8 Å². The Morgan fingerprint density at radius 2 is 1.79 bits per heavy atom. The molecule has 0 bridgehead atoms. The van der Waals surface area contributed by atoms with E-state index in [1.807, 2.05) is 0 Å². The van der Waals surface area contributed by atoms with Crippen LogP contribution in [0, 0.1) is 11.8 Å². The predicted molar refractivity (Wildman–Crippen MR) is 85.6 cm³/mol. The molecule has 1 aliphatic rings. The van der Waals surface area contributed by atoms with Crippen LogP contribution < -0.4 is 5.32 Å². The summed E-state index contributed by atoms with van der Waals surface area (Å²) in [5.74, 6) is 1.66. The second-order valence-electron chi connectivity index (χ2n) is 6.86. The molecule has 0 aromatic carbocycles. The molecular weight excluding hydrogens is 232 g/mol. The number of nitrogens with zero attached hydrogens (tertiary/aromatic N) is 1. The van der Waals surface area contributed by atoms with Gasteiger partial charge in [-0.2, -0.15) is 0 Å². The van der Waals surface area contributed by atoms with Crippen LogP contribution in [0.2, 0.25) is 0 Å². The van der Waals surface area contributed by atoms with E-state index in [1.165, 1.54) is 45.3 Å². The molecule has 2 heteroatoms. The standard InChI is InChI=1S/C17H36N2/c1-7-14(5)16-11-18-17(6,10-4)13-19(16)12-15(8-2)9-3/h14-16,18H,7-13H2,1-6H3. The first-order valence-corrected chi connectivity index (χ1v) is 8.48.